The van der Waals surface area contributed by atoms with E-state index in [-0.39, 0.29) is 6.01 Å². The van der Waals surface area contributed by atoms with E-state index in [0.717, 1.165) is 0 Å². The fraction of sp³-hybridized carbons (Fsp3) is 0.100. The summed E-state index contributed by atoms with van der Waals surface area (Å²) < 4.78 is 5.46. The molecule has 0 saturated heterocycles. The molecule has 0 unspecified atom stereocenters. The standard InChI is InChI=1S/C10H7Cl2N5O/c1-4-13-9(17-16-4)15-10-14-8-6(12)2-5(11)3-7(8)18-10/h2-3H,1H3,(H2,13,14,15,16,17). The number of aryl methyl sites for hydroxylation is 1. The van der Waals surface area contributed by atoms with Gasteiger partial charge in [-0.2, -0.15) is 4.98 Å². The molecule has 92 valence electrons. The van der Waals surface area contributed by atoms with Gasteiger partial charge in [-0.3, -0.25) is 5.32 Å². The highest BCUT2D eigenvalue weighted by Crippen LogP contribution is 2.30. The van der Waals surface area contributed by atoms with Gasteiger partial charge in [0.2, 0.25) is 5.95 Å². The number of nitrogens with zero attached hydrogens (tertiary/aromatic N) is 3. The average Bonchev–Trinajstić information content (AvgIpc) is 2.85. The summed E-state index contributed by atoms with van der Waals surface area (Å²) in [5.41, 5.74) is 1.05. The van der Waals surface area contributed by atoms with Crippen LogP contribution in [0.25, 0.3) is 11.1 Å². The molecule has 3 aromatic rings. The molecule has 0 aliphatic carbocycles. The van der Waals surface area contributed by atoms with E-state index in [0.29, 0.717) is 32.9 Å². The van der Waals surface area contributed by atoms with Crippen LogP contribution in [-0.4, -0.2) is 20.2 Å². The van der Waals surface area contributed by atoms with Crippen molar-refractivity contribution in [1.29, 1.82) is 0 Å². The SMILES string of the molecule is Cc1nnc(Nc2nc3c(Cl)cc(Cl)cc3o2)[nH]1. The number of hydrogen-bond acceptors (Lipinski definition) is 5. The zero-order valence-electron chi connectivity index (χ0n) is 9.16. The average molecular weight is 284 g/mol. The summed E-state index contributed by atoms with van der Waals surface area (Å²) in [7, 11) is 0. The highest BCUT2D eigenvalue weighted by Gasteiger charge is 2.11. The number of fused-ring (bicyclic) bond motifs is 1. The van der Waals surface area contributed by atoms with Gasteiger partial charge in [-0.05, 0) is 13.0 Å². The lowest BCUT2D eigenvalue weighted by atomic mass is 10.3. The fourth-order valence-corrected chi connectivity index (χ4v) is 2.03. The third-order valence-corrected chi connectivity index (χ3v) is 2.74. The van der Waals surface area contributed by atoms with E-state index in [2.05, 4.69) is 25.5 Å². The second-order valence-corrected chi connectivity index (χ2v) is 4.48. The summed E-state index contributed by atoms with van der Waals surface area (Å²) >= 11 is 11.9. The first-order chi connectivity index (χ1) is 8.61. The van der Waals surface area contributed by atoms with Gasteiger partial charge in [0.1, 0.15) is 11.3 Å². The number of halogens is 2. The van der Waals surface area contributed by atoms with Crippen LogP contribution in [-0.2, 0) is 0 Å². The van der Waals surface area contributed by atoms with Crippen molar-refractivity contribution in [2.45, 2.75) is 6.92 Å². The number of aromatic amines is 1. The Hall–Kier alpha value is -1.79. The van der Waals surface area contributed by atoms with Gasteiger partial charge in [0.05, 0.1) is 5.02 Å². The Morgan fingerprint density at radius 2 is 2.11 bits per heavy atom. The van der Waals surface area contributed by atoms with Crippen molar-refractivity contribution >= 4 is 46.3 Å². The first-order valence-corrected chi connectivity index (χ1v) is 5.79. The van der Waals surface area contributed by atoms with Crippen LogP contribution in [0.4, 0.5) is 12.0 Å². The molecule has 0 bridgehead atoms. The number of rotatable bonds is 2. The molecule has 0 aliphatic heterocycles. The molecule has 0 aliphatic rings. The van der Waals surface area contributed by atoms with Gasteiger partial charge in [-0.15, -0.1) is 10.2 Å². The summed E-state index contributed by atoms with van der Waals surface area (Å²) in [6.45, 7) is 1.79. The van der Waals surface area contributed by atoms with Gasteiger partial charge >= 0.3 is 6.01 Å². The number of nitrogens with one attached hydrogen (secondary N) is 2. The molecule has 0 fully saturated rings. The summed E-state index contributed by atoms with van der Waals surface area (Å²) in [4.78, 5) is 7.10. The quantitative estimate of drug-likeness (QED) is 0.754. The largest absolute Gasteiger partial charge is 0.423 e. The number of anilines is 2. The minimum atomic E-state index is 0.269. The van der Waals surface area contributed by atoms with E-state index in [4.69, 9.17) is 27.6 Å². The Balaban J connectivity index is 2.01. The molecule has 18 heavy (non-hydrogen) atoms. The molecule has 2 N–H and O–H groups in total. The molecule has 0 radical (unpaired) electrons. The molecule has 6 nitrogen and oxygen atoms in total. The van der Waals surface area contributed by atoms with Gasteiger partial charge in [0.25, 0.3) is 0 Å². The highest BCUT2D eigenvalue weighted by atomic mass is 35.5. The second kappa shape index (κ2) is 4.15. The topological polar surface area (TPSA) is 79.6 Å². The van der Waals surface area contributed by atoms with Crippen LogP contribution >= 0.6 is 23.2 Å². The van der Waals surface area contributed by atoms with E-state index >= 15 is 0 Å². The number of H-pyrrole nitrogens is 1. The third kappa shape index (κ3) is 2.00. The van der Waals surface area contributed by atoms with E-state index in [1.165, 1.54) is 0 Å². The normalized spacial score (nSPS) is 11.1. The molecular formula is C10H7Cl2N5O. The Bertz CT molecular complexity index is 720. The Kier molecular flexibility index (Phi) is 2.61. The van der Waals surface area contributed by atoms with E-state index in [1.807, 2.05) is 0 Å². The van der Waals surface area contributed by atoms with Gasteiger partial charge in [0, 0.05) is 11.1 Å². The smallest absolute Gasteiger partial charge is 0.302 e. The van der Waals surface area contributed by atoms with Crippen molar-refractivity contribution in [2.24, 2.45) is 0 Å². The van der Waals surface area contributed by atoms with Crippen LogP contribution in [0.5, 0.6) is 0 Å². The Morgan fingerprint density at radius 3 is 2.83 bits per heavy atom. The molecular weight excluding hydrogens is 277 g/mol. The zero-order chi connectivity index (χ0) is 12.7. The van der Waals surface area contributed by atoms with E-state index < -0.39 is 0 Å². The zero-order valence-corrected chi connectivity index (χ0v) is 10.7. The molecule has 1 aromatic carbocycles. The predicted molar refractivity (Wildman–Crippen MR) is 68.4 cm³/mol. The van der Waals surface area contributed by atoms with Crippen LogP contribution in [0.15, 0.2) is 16.5 Å². The van der Waals surface area contributed by atoms with Crippen molar-refractivity contribution < 1.29 is 4.42 Å². The molecule has 2 aromatic heterocycles. The minimum Gasteiger partial charge on any atom is -0.423 e. The minimum absolute atomic E-state index is 0.269. The molecule has 0 saturated carbocycles. The highest BCUT2D eigenvalue weighted by molar-refractivity contribution is 6.38. The van der Waals surface area contributed by atoms with Gasteiger partial charge in [-0.25, -0.2) is 0 Å². The van der Waals surface area contributed by atoms with Gasteiger partial charge < -0.3 is 9.40 Å². The van der Waals surface area contributed by atoms with Crippen LogP contribution < -0.4 is 5.32 Å². The maximum atomic E-state index is 6.01. The maximum absolute atomic E-state index is 6.01. The van der Waals surface area contributed by atoms with Crippen molar-refractivity contribution in [3.05, 3.63) is 28.0 Å². The number of oxazole rings is 1. The van der Waals surface area contributed by atoms with Crippen LogP contribution in [0.1, 0.15) is 5.82 Å². The van der Waals surface area contributed by atoms with Crippen molar-refractivity contribution in [3.63, 3.8) is 0 Å². The number of aromatic nitrogens is 4. The predicted octanol–water partition coefficient (Wildman–Crippen LogP) is 3.30. The molecule has 0 spiro atoms. The van der Waals surface area contributed by atoms with Gasteiger partial charge in [0.15, 0.2) is 5.58 Å². The molecule has 0 atom stereocenters. The first-order valence-electron chi connectivity index (χ1n) is 5.04. The van der Waals surface area contributed by atoms with Crippen molar-refractivity contribution in [1.82, 2.24) is 20.2 Å². The molecule has 2 heterocycles. The summed E-state index contributed by atoms with van der Waals surface area (Å²) in [6, 6.07) is 3.52. The fourth-order valence-electron chi connectivity index (χ4n) is 1.51. The maximum Gasteiger partial charge on any atom is 0.302 e. The lowest BCUT2D eigenvalue weighted by Crippen LogP contribution is -1.92. The number of hydrogen-bond donors (Lipinski definition) is 2. The second-order valence-electron chi connectivity index (χ2n) is 3.64. The van der Waals surface area contributed by atoms with Crippen LogP contribution in [0.3, 0.4) is 0 Å². The monoisotopic (exact) mass is 283 g/mol. The van der Waals surface area contributed by atoms with Crippen molar-refractivity contribution in [2.75, 3.05) is 5.32 Å². The Morgan fingerprint density at radius 1 is 1.28 bits per heavy atom. The molecule has 3 rings (SSSR count). The van der Waals surface area contributed by atoms with Crippen LogP contribution in [0.2, 0.25) is 10.0 Å². The summed E-state index contributed by atoms with van der Waals surface area (Å²) in [5, 5.41) is 11.4. The first kappa shape index (κ1) is 11.3. The van der Waals surface area contributed by atoms with E-state index in [9.17, 15) is 0 Å². The third-order valence-electron chi connectivity index (χ3n) is 2.24. The Labute approximate surface area is 111 Å². The summed E-state index contributed by atoms with van der Waals surface area (Å²) in [5.74, 6) is 1.14. The van der Waals surface area contributed by atoms with Gasteiger partial charge in [-0.1, -0.05) is 23.2 Å². The molecule has 8 heteroatoms. The van der Waals surface area contributed by atoms with Crippen molar-refractivity contribution in [3.8, 4) is 0 Å². The molecule has 0 amide bonds. The lowest BCUT2D eigenvalue weighted by molar-refractivity contribution is 0.622. The van der Waals surface area contributed by atoms with E-state index in [1.54, 1.807) is 19.1 Å². The number of benzene rings is 1. The lowest BCUT2D eigenvalue weighted by Gasteiger charge is -1.92. The van der Waals surface area contributed by atoms with Crippen LogP contribution in [0, 0.1) is 6.92 Å². The summed E-state index contributed by atoms with van der Waals surface area (Å²) in [6.07, 6.45) is 0.